The van der Waals surface area contributed by atoms with Gasteiger partial charge in [0, 0.05) is 18.0 Å². The van der Waals surface area contributed by atoms with Crippen molar-refractivity contribution in [2.45, 2.75) is 24.7 Å². The van der Waals surface area contributed by atoms with Crippen LogP contribution in [0, 0.1) is 0 Å². The zero-order chi connectivity index (χ0) is 17.8. The largest absolute Gasteiger partial charge is 0.342 e. The van der Waals surface area contributed by atoms with Crippen LogP contribution >= 0.6 is 11.3 Å². The molecule has 1 amide bonds. The molecule has 0 aliphatic carbocycles. The maximum absolute atomic E-state index is 13.4. The Hall–Kier alpha value is -2.39. The maximum atomic E-state index is 13.4. The Bertz CT molecular complexity index is 782. The van der Waals surface area contributed by atoms with Gasteiger partial charge in [-0.05, 0) is 41.3 Å². The Kier molecular flexibility index (Phi) is 5.16. The summed E-state index contributed by atoms with van der Waals surface area (Å²) in [7, 11) is 0. The molecule has 1 aromatic heterocycles. The molecule has 0 bridgehead atoms. The maximum Gasteiger partial charge on any atom is 0.234 e. The van der Waals surface area contributed by atoms with E-state index >= 15 is 0 Å². The van der Waals surface area contributed by atoms with Crippen LogP contribution in [0.4, 0.5) is 0 Å². The van der Waals surface area contributed by atoms with Gasteiger partial charge in [0.05, 0.1) is 5.92 Å². The smallest absolute Gasteiger partial charge is 0.234 e. The van der Waals surface area contributed by atoms with E-state index in [1.54, 1.807) is 0 Å². The molecule has 4 rings (SSSR count). The van der Waals surface area contributed by atoms with Gasteiger partial charge in [-0.25, -0.2) is 0 Å². The summed E-state index contributed by atoms with van der Waals surface area (Å²) in [5.41, 5.74) is 2.15. The molecule has 0 atom stereocenters. The molecule has 0 saturated carbocycles. The van der Waals surface area contributed by atoms with Gasteiger partial charge in [0.25, 0.3) is 0 Å². The van der Waals surface area contributed by atoms with Gasteiger partial charge >= 0.3 is 0 Å². The number of rotatable bonds is 4. The second-order valence-electron chi connectivity index (χ2n) is 6.87. The first-order valence-electron chi connectivity index (χ1n) is 9.25. The lowest BCUT2D eigenvalue weighted by Gasteiger charge is -2.34. The molecular formula is C23H23NOS. The molecule has 2 heterocycles. The number of thiophene rings is 1. The summed E-state index contributed by atoms with van der Waals surface area (Å²) in [5.74, 6) is 0.619. The molecule has 1 aliphatic rings. The van der Waals surface area contributed by atoms with E-state index in [0.29, 0.717) is 5.92 Å². The second-order valence-corrected chi connectivity index (χ2v) is 7.85. The van der Waals surface area contributed by atoms with Gasteiger partial charge in [0.1, 0.15) is 0 Å². The van der Waals surface area contributed by atoms with E-state index in [1.165, 1.54) is 4.88 Å². The molecule has 0 radical (unpaired) electrons. The van der Waals surface area contributed by atoms with Crippen LogP contribution in [0.3, 0.4) is 0 Å². The minimum Gasteiger partial charge on any atom is -0.342 e. The molecule has 1 saturated heterocycles. The van der Waals surface area contributed by atoms with Crippen molar-refractivity contribution in [3.8, 4) is 0 Å². The lowest BCUT2D eigenvalue weighted by atomic mass is 9.88. The average molecular weight is 362 g/mol. The highest BCUT2D eigenvalue weighted by Gasteiger charge is 2.30. The Morgan fingerprint density at radius 2 is 1.42 bits per heavy atom. The van der Waals surface area contributed by atoms with Crippen LogP contribution in [0.15, 0.2) is 78.2 Å². The quantitative estimate of drug-likeness (QED) is 0.618. The van der Waals surface area contributed by atoms with Gasteiger partial charge in [-0.2, -0.15) is 0 Å². The first-order valence-corrected chi connectivity index (χ1v) is 10.1. The number of likely N-dealkylation sites (tertiary alicyclic amines) is 1. The van der Waals surface area contributed by atoms with E-state index < -0.39 is 0 Å². The average Bonchev–Trinajstić information content (AvgIpc) is 3.25. The van der Waals surface area contributed by atoms with E-state index in [1.807, 2.05) is 47.7 Å². The minimum atomic E-state index is -0.212. The molecule has 3 heteroatoms. The summed E-state index contributed by atoms with van der Waals surface area (Å²) in [6.07, 6.45) is 2.12. The molecule has 1 aliphatic heterocycles. The predicted molar refractivity (Wildman–Crippen MR) is 108 cm³/mol. The normalized spacial score (nSPS) is 15.3. The number of hydrogen-bond acceptors (Lipinski definition) is 2. The Morgan fingerprint density at radius 1 is 0.846 bits per heavy atom. The monoisotopic (exact) mass is 361 g/mol. The Labute approximate surface area is 159 Å². The van der Waals surface area contributed by atoms with Gasteiger partial charge < -0.3 is 4.90 Å². The van der Waals surface area contributed by atoms with Crippen molar-refractivity contribution in [1.82, 2.24) is 4.90 Å². The zero-order valence-corrected chi connectivity index (χ0v) is 15.6. The lowest BCUT2D eigenvalue weighted by Crippen LogP contribution is -2.40. The summed E-state index contributed by atoms with van der Waals surface area (Å²) in [5, 5.41) is 2.15. The van der Waals surface area contributed by atoms with Gasteiger partial charge in [-0.15, -0.1) is 11.3 Å². The van der Waals surface area contributed by atoms with Crippen LogP contribution in [0.2, 0.25) is 0 Å². The third-order valence-electron chi connectivity index (χ3n) is 5.26. The first-order chi connectivity index (χ1) is 12.8. The van der Waals surface area contributed by atoms with E-state index in [2.05, 4.69) is 46.7 Å². The molecule has 0 unspecified atom stereocenters. The third-order valence-corrected chi connectivity index (χ3v) is 6.30. The zero-order valence-electron chi connectivity index (χ0n) is 14.8. The number of amides is 1. The highest BCUT2D eigenvalue weighted by atomic mass is 32.1. The van der Waals surface area contributed by atoms with Crippen LogP contribution in [0.25, 0.3) is 0 Å². The first kappa shape index (κ1) is 17.0. The van der Waals surface area contributed by atoms with Gasteiger partial charge in [-0.1, -0.05) is 66.7 Å². The molecule has 132 valence electrons. The van der Waals surface area contributed by atoms with Crippen molar-refractivity contribution >= 4 is 17.2 Å². The minimum absolute atomic E-state index is 0.212. The lowest BCUT2D eigenvalue weighted by molar-refractivity contribution is -0.132. The van der Waals surface area contributed by atoms with Crippen molar-refractivity contribution in [1.29, 1.82) is 0 Å². The van der Waals surface area contributed by atoms with Crippen molar-refractivity contribution in [3.63, 3.8) is 0 Å². The fourth-order valence-electron chi connectivity index (χ4n) is 3.86. The molecule has 2 aromatic carbocycles. The Balaban J connectivity index is 1.54. The molecule has 2 nitrogen and oxygen atoms in total. The number of nitrogens with zero attached hydrogens (tertiary/aromatic N) is 1. The SMILES string of the molecule is O=C(C(c1ccccc1)c1ccccc1)N1CCC(c2cccs2)CC1. The number of hydrogen-bond donors (Lipinski definition) is 0. The van der Waals surface area contributed by atoms with E-state index in [4.69, 9.17) is 0 Å². The molecule has 1 fully saturated rings. The highest BCUT2D eigenvalue weighted by molar-refractivity contribution is 7.10. The summed E-state index contributed by atoms with van der Waals surface area (Å²) < 4.78 is 0. The number of piperidine rings is 1. The van der Waals surface area contributed by atoms with Gasteiger partial charge in [-0.3, -0.25) is 4.79 Å². The van der Waals surface area contributed by atoms with Crippen LogP contribution < -0.4 is 0 Å². The summed E-state index contributed by atoms with van der Waals surface area (Å²) in [4.78, 5) is 16.9. The standard InChI is InChI=1S/C23H23NOS/c25-23(24-15-13-18(14-16-24)21-12-7-17-26-21)22(19-8-3-1-4-9-19)20-10-5-2-6-11-20/h1-12,17-18,22H,13-16H2. The van der Waals surface area contributed by atoms with Crippen LogP contribution in [-0.4, -0.2) is 23.9 Å². The fourth-order valence-corrected chi connectivity index (χ4v) is 4.76. The summed E-state index contributed by atoms with van der Waals surface area (Å²) >= 11 is 1.84. The van der Waals surface area contributed by atoms with Gasteiger partial charge in [0.2, 0.25) is 5.91 Å². The predicted octanol–water partition coefficient (Wildman–Crippen LogP) is 5.29. The van der Waals surface area contributed by atoms with Gasteiger partial charge in [0.15, 0.2) is 0 Å². The topological polar surface area (TPSA) is 20.3 Å². The van der Waals surface area contributed by atoms with Crippen LogP contribution in [0.5, 0.6) is 0 Å². The molecular weight excluding hydrogens is 338 g/mol. The summed E-state index contributed by atoms with van der Waals surface area (Å²) in [6, 6.07) is 24.7. The van der Waals surface area contributed by atoms with E-state index in [9.17, 15) is 4.79 Å². The highest BCUT2D eigenvalue weighted by Crippen LogP contribution is 2.33. The molecule has 26 heavy (non-hydrogen) atoms. The Morgan fingerprint density at radius 3 is 1.92 bits per heavy atom. The van der Waals surface area contributed by atoms with Crippen molar-refractivity contribution in [3.05, 3.63) is 94.2 Å². The molecule has 0 N–H and O–H groups in total. The molecule has 3 aromatic rings. The van der Waals surface area contributed by atoms with Crippen LogP contribution in [-0.2, 0) is 4.79 Å². The number of benzene rings is 2. The van der Waals surface area contributed by atoms with Crippen LogP contribution in [0.1, 0.15) is 40.7 Å². The van der Waals surface area contributed by atoms with E-state index in [0.717, 1.165) is 37.1 Å². The third kappa shape index (κ3) is 3.58. The van der Waals surface area contributed by atoms with E-state index in [-0.39, 0.29) is 11.8 Å². The van der Waals surface area contributed by atoms with Crippen molar-refractivity contribution < 1.29 is 4.79 Å². The number of carbonyl (C=O) groups excluding carboxylic acids is 1. The molecule has 0 spiro atoms. The number of carbonyl (C=O) groups is 1. The fraction of sp³-hybridized carbons (Fsp3) is 0.261. The van der Waals surface area contributed by atoms with Crippen molar-refractivity contribution in [2.24, 2.45) is 0 Å². The second kappa shape index (κ2) is 7.88. The van der Waals surface area contributed by atoms with Crippen molar-refractivity contribution in [2.75, 3.05) is 13.1 Å². The summed E-state index contributed by atoms with van der Waals surface area (Å²) in [6.45, 7) is 1.69.